The van der Waals surface area contributed by atoms with Crippen molar-refractivity contribution >= 4 is 21.5 Å². The molecule has 0 aromatic heterocycles. The highest BCUT2D eigenvalue weighted by Gasteiger charge is 2.20. The standard InChI is InChI=1S/C41H32O9/c42-30-7-1-23(2-8-30)15-26-20-38(46)40(48)36-21-33(13-14-34(26)36)49-50-41-35-22-37(45)28(16-24-3-9-31(43)10-4-24)18-27(35)19-29(39(41)47)17-25-5-11-32(44)12-6-25/h1-14,18-22,42-48H,15-17H2. The van der Waals surface area contributed by atoms with Crippen LogP contribution in [-0.2, 0) is 19.3 Å². The van der Waals surface area contributed by atoms with Crippen molar-refractivity contribution in [3.63, 3.8) is 0 Å². The molecule has 9 heteroatoms. The summed E-state index contributed by atoms with van der Waals surface area (Å²) in [5, 5.41) is 75.0. The number of rotatable bonds is 9. The number of fused-ring (bicyclic) bond motifs is 2. The Morgan fingerprint density at radius 1 is 0.380 bits per heavy atom. The van der Waals surface area contributed by atoms with Gasteiger partial charge >= 0.3 is 0 Å². The van der Waals surface area contributed by atoms with E-state index < -0.39 is 0 Å². The minimum absolute atomic E-state index is 0.0339. The Morgan fingerprint density at radius 3 is 1.48 bits per heavy atom. The Hall–Kier alpha value is -6.74. The molecule has 0 unspecified atom stereocenters. The van der Waals surface area contributed by atoms with Gasteiger partial charge in [0.15, 0.2) is 23.0 Å². The lowest BCUT2D eigenvalue weighted by Gasteiger charge is -2.16. The number of hydrogen-bond donors (Lipinski definition) is 7. The highest BCUT2D eigenvalue weighted by molar-refractivity contribution is 5.95. The number of phenols is 7. The first-order valence-electron chi connectivity index (χ1n) is 15.8. The zero-order chi connectivity index (χ0) is 34.9. The van der Waals surface area contributed by atoms with E-state index >= 15 is 0 Å². The lowest BCUT2D eigenvalue weighted by molar-refractivity contribution is -0.0999. The van der Waals surface area contributed by atoms with Crippen molar-refractivity contribution in [2.45, 2.75) is 19.3 Å². The van der Waals surface area contributed by atoms with Gasteiger partial charge in [0.1, 0.15) is 23.0 Å². The molecular formula is C41H32O9. The van der Waals surface area contributed by atoms with Crippen LogP contribution in [0.3, 0.4) is 0 Å². The Bertz CT molecular complexity index is 2340. The third-order valence-corrected chi connectivity index (χ3v) is 8.70. The van der Waals surface area contributed by atoms with Crippen LogP contribution in [0, 0.1) is 0 Å². The molecule has 0 atom stereocenters. The quantitative estimate of drug-likeness (QED) is 0.0458. The molecule has 7 N–H and O–H groups in total. The summed E-state index contributed by atoms with van der Waals surface area (Å²) in [4.78, 5) is 11.6. The van der Waals surface area contributed by atoms with Gasteiger partial charge in [-0.25, -0.2) is 0 Å². The summed E-state index contributed by atoms with van der Waals surface area (Å²) in [5.74, 6) is -0.380. The van der Waals surface area contributed by atoms with E-state index in [9.17, 15) is 35.7 Å². The molecule has 0 bridgehead atoms. The van der Waals surface area contributed by atoms with E-state index in [0.717, 1.165) is 22.3 Å². The predicted molar refractivity (Wildman–Crippen MR) is 189 cm³/mol. The summed E-state index contributed by atoms with van der Waals surface area (Å²) >= 11 is 0. The average molecular weight is 669 g/mol. The molecule has 0 saturated heterocycles. The fraction of sp³-hybridized carbons (Fsp3) is 0.0732. The Morgan fingerprint density at radius 2 is 0.900 bits per heavy atom. The van der Waals surface area contributed by atoms with Crippen LogP contribution < -0.4 is 9.78 Å². The van der Waals surface area contributed by atoms with Crippen molar-refractivity contribution in [2.24, 2.45) is 0 Å². The minimum Gasteiger partial charge on any atom is -0.508 e. The fourth-order valence-corrected chi connectivity index (χ4v) is 6.10. The minimum atomic E-state index is -0.338. The van der Waals surface area contributed by atoms with Gasteiger partial charge in [-0.15, -0.1) is 0 Å². The molecule has 7 rings (SSSR count). The van der Waals surface area contributed by atoms with Gasteiger partial charge in [0.05, 0.1) is 0 Å². The lowest BCUT2D eigenvalue weighted by atomic mass is 9.95. The van der Waals surface area contributed by atoms with Gasteiger partial charge in [-0.2, -0.15) is 0 Å². The smallest absolute Gasteiger partial charge is 0.228 e. The molecule has 0 aliphatic carbocycles. The second kappa shape index (κ2) is 13.0. The Kier molecular flexibility index (Phi) is 8.31. The molecule has 0 aliphatic heterocycles. The van der Waals surface area contributed by atoms with Gasteiger partial charge in [0, 0.05) is 29.2 Å². The second-order valence-electron chi connectivity index (χ2n) is 12.2. The zero-order valence-electron chi connectivity index (χ0n) is 26.5. The number of aromatic hydroxyl groups is 7. The van der Waals surface area contributed by atoms with Gasteiger partial charge < -0.3 is 35.7 Å². The molecule has 0 spiro atoms. The van der Waals surface area contributed by atoms with Gasteiger partial charge in [0.2, 0.25) is 5.75 Å². The maximum absolute atomic E-state index is 11.5. The topological polar surface area (TPSA) is 160 Å². The maximum Gasteiger partial charge on any atom is 0.228 e. The highest BCUT2D eigenvalue weighted by atomic mass is 17.2. The van der Waals surface area contributed by atoms with Crippen LogP contribution >= 0.6 is 0 Å². The third-order valence-electron chi connectivity index (χ3n) is 8.70. The number of phenolic OH excluding ortho intramolecular Hbond substituents is 7. The predicted octanol–water partition coefficient (Wildman–Crippen LogP) is 8.08. The van der Waals surface area contributed by atoms with Crippen molar-refractivity contribution < 1.29 is 45.5 Å². The van der Waals surface area contributed by atoms with E-state index in [1.165, 1.54) is 18.2 Å². The van der Waals surface area contributed by atoms with Crippen LogP contribution in [0.4, 0.5) is 0 Å². The molecule has 0 heterocycles. The van der Waals surface area contributed by atoms with Crippen LogP contribution in [0.1, 0.15) is 33.4 Å². The van der Waals surface area contributed by atoms with E-state index in [1.807, 2.05) is 0 Å². The molecule has 9 nitrogen and oxygen atoms in total. The third kappa shape index (κ3) is 6.52. The summed E-state index contributed by atoms with van der Waals surface area (Å²) in [6, 6.07) is 31.5. The van der Waals surface area contributed by atoms with Crippen molar-refractivity contribution in [1.29, 1.82) is 0 Å². The van der Waals surface area contributed by atoms with E-state index in [-0.39, 0.29) is 51.7 Å². The van der Waals surface area contributed by atoms with Crippen LogP contribution in [0.5, 0.6) is 51.7 Å². The van der Waals surface area contributed by atoms with Gasteiger partial charge in [0.25, 0.3) is 0 Å². The highest BCUT2D eigenvalue weighted by Crippen LogP contribution is 2.43. The molecule has 0 amide bonds. The van der Waals surface area contributed by atoms with Crippen LogP contribution in [0.25, 0.3) is 21.5 Å². The van der Waals surface area contributed by atoms with Gasteiger partial charge in [-0.05, 0) is 118 Å². The summed E-state index contributed by atoms with van der Waals surface area (Å²) in [5.41, 5.74) is 4.43. The first-order valence-corrected chi connectivity index (χ1v) is 15.8. The van der Waals surface area contributed by atoms with Crippen molar-refractivity contribution in [3.05, 3.63) is 149 Å². The lowest BCUT2D eigenvalue weighted by Crippen LogP contribution is -2.03. The Labute approximate surface area is 286 Å². The van der Waals surface area contributed by atoms with E-state index in [4.69, 9.17) is 9.78 Å². The summed E-state index contributed by atoms with van der Waals surface area (Å²) in [6.07, 6.45) is 1.10. The maximum atomic E-state index is 11.5. The van der Waals surface area contributed by atoms with Crippen LogP contribution in [0.2, 0.25) is 0 Å². The monoisotopic (exact) mass is 668 g/mol. The zero-order valence-corrected chi connectivity index (χ0v) is 26.5. The molecule has 250 valence electrons. The van der Waals surface area contributed by atoms with Crippen LogP contribution in [-0.4, -0.2) is 35.7 Å². The Balaban J connectivity index is 1.25. The van der Waals surface area contributed by atoms with Gasteiger partial charge in [-0.3, -0.25) is 9.78 Å². The summed E-state index contributed by atoms with van der Waals surface area (Å²) < 4.78 is 0. The summed E-state index contributed by atoms with van der Waals surface area (Å²) in [6.45, 7) is 0. The molecule has 50 heavy (non-hydrogen) atoms. The van der Waals surface area contributed by atoms with E-state index in [2.05, 4.69) is 0 Å². The molecule has 7 aromatic rings. The molecule has 0 aliphatic rings. The van der Waals surface area contributed by atoms with Crippen molar-refractivity contribution in [1.82, 2.24) is 0 Å². The SMILES string of the molecule is Oc1ccc(Cc2cc3cc(Cc4ccc(O)cc4)c(O)c(OOc4ccc5c(Cc6ccc(O)cc6)cc(O)c(O)c5c4)c3cc2O)cc1. The largest absolute Gasteiger partial charge is 0.508 e. The van der Waals surface area contributed by atoms with E-state index in [0.29, 0.717) is 51.9 Å². The first-order chi connectivity index (χ1) is 24.1. The van der Waals surface area contributed by atoms with E-state index in [1.54, 1.807) is 97.1 Å². The number of benzene rings is 7. The van der Waals surface area contributed by atoms with Crippen molar-refractivity contribution in [2.75, 3.05) is 0 Å². The van der Waals surface area contributed by atoms with Crippen LogP contribution in [0.15, 0.2) is 115 Å². The normalized spacial score (nSPS) is 11.2. The van der Waals surface area contributed by atoms with Gasteiger partial charge in [-0.1, -0.05) is 42.5 Å². The molecule has 7 aromatic carbocycles. The molecule has 0 radical (unpaired) electrons. The first kappa shape index (κ1) is 31.8. The molecule has 0 saturated carbocycles. The molecule has 0 fully saturated rings. The average Bonchev–Trinajstić information content (AvgIpc) is 3.10. The second-order valence-corrected chi connectivity index (χ2v) is 12.2. The fourth-order valence-electron chi connectivity index (χ4n) is 6.10. The summed E-state index contributed by atoms with van der Waals surface area (Å²) in [7, 11) is 0. The number of hydrogen-bond acceptors (Lipinski definition) is 9. The van der Waals surface area contributed by atoms with Crippen molar-refractivity contribution in [3.8, 4) is 51.7 Å². The molecular weight excluding hydrogens is 636 g/mol.